The van der Waals surface area contributed by atoms with Gasteiger partial charge in [-0.2, -0.15) is 0 Å². The van der Waals surface area contributed by atoms with Crippen LogP contribution >= 0.6 is 11.3 Å². The van der Waals surface area contributed by atoms with Crippen molar-refractivity contribution in [2.75, 3.05) is 13.6 Å². The summed E-state index contributed by atoms with van der Waals surface area (Å²) >= 11 is 1.63. The number of likely N-dealkylation sites (tertiary alicyclic amines) is 1. The molecule has 5 nitrogen and oxygen atoms in total. The van der Waals surface area contributed by atoms with Crippen LogP contribution < -0.4 is 0 Å². The van der Waals surface area contributed by atoms with Gasteiger partial charge in [-0.25, -0.2) is 0 Å². The number of hydrogen-bond donors (Lipinski definition) is 0. The van der Waals surface area contributed by atoms with E-state index in [1.807, 2.05) is 23.6 Å². The van der Waals surface area contributed by atoms with Gasteiger partial charge in [0.2, 0.25) is 11.8 Å². The van der Waals surface area contributed by atoms with Crippen LogP contribution in [0.5, 0.6) is 0 Å². The molecule has 0 aromatic carbocycles. The Kier molecular flexibility index (Phi) is 4.29. The molecule has 0 radical (unpaired) electrons. The van der Waals surface area contributed by atoms with Crippen LogP contribution in [0.15, 0.2) is 40.3 Å². The van der Waals surface area contributed by atoms with Gasteiger partial charge in [-0.1, -0.05) is 6.07 Å². The zero-order valence-corrected chi connectivity index (χ0v) is 13.2. The Hall–Kier alpha value is -2.08. The lowest BCUT2D eigenvalue weighted by Crippen LogP contribution is -2.34. The highest BCUT2D eigenvalue weighted by molar-refractivity contribution is 7.09. The third-order valence-corrected chi connectivity index (χ3v) is 4.70. The average Bonchev–Trinajstić information content (AvgIpc) is 3.22. The summed E-state index contributed by atoms with van der Waals surface area (Å²) < 4.78 is 5.27. The SMILES string of the molecule is CN(Cc1cccs1)C(=O)C1CC(=O)N(Cc2ccco2)C1. The second-order valence-corrected chi connectivity index (χ2v) is 6.56. The van der Waals surface area contributed by atoms with Gasteiger partial charge >= 0.3 is 0 Å². The number of nitrogens with zero attached hydrogens (tertiary/aromatic N) is 2. The van der Waals surface area contributed by atoms with Crippen LogP contribution in [0.4, 0.5) is 0 Å². The number of rotatable bonds is 5. The topological polar surface area (TPSA) is 53.8 Å². The van der Waals surface area contributed by atoms with Crippen molar-refractivity contribution >= 4 is 23.2 Å². The largest absolute Gasteiger partial charge is 0.467 e. The predicted octanol–water partition coefficient (Wildman–Crippen LogP) is 2.35. The Bertz CT molecular complexity index is 636. The molecule has 0 saturated carbocycles. The highest BCUT2D eigenvalue weighted by atomic mass is 32.1. The molecule has 1 atom stereocenters. The smallest absolute Gasteiger partial charge is 0.228 e. The molecule has 3 rings (SSSR count). The summed E-state index contributed by atoms with van der Waals surface area (Å²) in [7, 11) is 1.79. The van der Waals surface area contributed by atoms with Crippen molar-refractivity contribution in [3.8, 4) is 0 Å². The maximum atomic E-state index is 12.5. The molecule has 1 aliphatic rings. The van der Waals surface area contributed by atoms with Crippen molar-refractivity contribution in [1.82, 2.24) is 9.80 Å². The molecule has 1 saturated heterocycles. The molecule has 0 N–H and O–H groups in total. The molecule has 1 fully saturated rings. The van der Waals surface area contributed by atoms with Gasteiger partial charge in [0.05, 0.1) is 25.3 Å². The quantitative estimate of drug-likeness (QED) is 0.850. The third-order valence-electron chi connectivity index (χ3n) is 3.84. The molecule has 2 aromatic rings. The first-order valence-corrected chi connectivity index (χ1v) is 8.09. The van der Waals surface area contributed by atoms with Gasteiger partial charge in [-0.3, -0.25) is 9.59 Å². The number of furan rings is 1. The number of thiophene rings is 1. The summed E-state index contributed by atoms with van der Waals surface area (Å²) in [6, 6.07) is 7.62. The average molecular weight is 318 g/mol. The Morgan fingerprint density at radius 2 is 2.32 bits per heavy atom. The molecule has 22 heavy (non-hydrogen) atoms. The molecule has 2 aromatic heterocycles. The van der Waals surface area contributed by atoms with Crippen LogP contribution in [0.25, 0.3) is 0 Å². The Labute approximate surface area is 133 Å². The lowest BCUT2D eigenvalue weighted by Gasteiger charge is -2.20. The first-order chi connectivity index (χ1) is 10.6. The molecule has 0 bridgehead atoms. The molecule has 1 aliphatic heterocycles. The number of carbonyl (C=O) groups excluding carboxylic acids is 2. The summed E-state index contributed by atoms with van der Waals surface area (Å²) in [4.78, 5) is 29.1. The molecule has 2 amide bonds. The maximum absolute atomic E-state index is 12.5. The molecule has 3 heterocycles. The van der Waals surface area contributed by atoms with Crippen LogP contribution in [0, 0.1) is 5.92 Å². The van der Waals surface area contributed by atoms with E-state index in [4.69, 9.17) is 4.42 Å². The lowest BCUT2D eigenvalue weighted by molar-refractivity contribution is -0.135. The van der Waals surface area contributed by atoms with E-state index in [-0.39, 0.29) is 24.2 Å². The van der Waals surface area contributed by atoms with Gasteiger partial charge in [0, 0.05) is 24.9 Å². The van der Waals surface area contributed by atoms with Gasteiger partial charge in [0.25, 0.3) is 0 Å². The van der Waals surface area contributed by atoms with Gasteiger partial charge < -0.3 is 14.2 Å². The molecular weight excluding hydrogens is 300 g/mol. The van der Waals surface area contributed by atoms with Crippen LogP contribution in [-0.2, 0) is 22.7 Å². The van der Waals surface area contributed by atoms with E-state index >= 15 is 0 Å². The highest BCUT2D eigenvalue weighted by Crippen LogP contribution is 2.23. The summed E-state index contributed by atoms with van der Waals surface area (Å²) in [5.74, 6) is 0.531. The van der Waals surface area contributed by atoms with E-state index in [9.17, 15) is 9.59 Å². The normalized spacial score (nSPS) is 18.0. The van der Waals surface area contributed by atoms with Crippen LogP contribution in [0.1, 0.15) is 17.1 Å². The molecule has 6 heteroatoms. The first-order valence-electron chi connectivity index (χ1n) is 7.21. The van der Waals surface area contributed by atoms with E-state index in [2.05, 4.69) is 0 Å². The van der Waals surface area contributed by atoms with Crippen molar-refractivity contribution in [3.63, 3.8) is 0 Å². The number of amides is 2. The summed E-state index contributed by atoms with van der Waals surface area (Å²) in [6.45, 7) is 1.50. The second-order valence-electron chi connectivity index (χ2n) is 5.53. The summed E-state index contributed by atoms with van der Waals surface area (Å²) in [5, 5.41) is 2.00. The molecule has 0 aliphatic carbocycles. The number of carbonyl (C=O) groups is 2. The van der Waals surface area contributed by atoms with Crippen molar-refractivity contribution in [1.29, 1.82) is 0 Å². The fourth-order valence-electron chi connectivity index (χ4n) is 2.71. The molecule has 1 unspecified atom stereocenters. The Balaban J connectivity index is 1.58. The minimum atomic E-state index is -0.257. The molecule has 0 spiro atoms. The fraction of sp³-hybridized carbons (Fsp3) is 0.375. The number of hydrogen-bond acceptors (Lipinski definition) is 4. The van der Waals surface area contributed by atoms with Gasteiger partial charge in [-0.05, 0) is 23.6 Å². The van der Waals surface area contributed by atoms with Gasteiger partial charge in [-0.15, -0.1) is 11.3 Å². The van der Waals surface area contributed by atoms with E-state index in [1.165, 1.54) is 0 Å². The standard InChI is InChI=1S/C16H18N2O3S/c1-17(11-14-5-3-7-22-14)16(20)12-8-15(19)18(9-12)10-13-4-2-6-21-13/h2-7,12H,8-11H2,1H3. The molecular formula is C16H18N2O3S. The lowest BCUT2D eigenvalue weighted by atomic mass is 10.1. The van der Waals surface area contributed by atoms with E-state index in [0.29, 0.717) is 19.6 Å². The first kappa shape index (κ1) is 14.8. The monoisotopic (exact) mass is 318 g/mol. The predicted molar refractivity (Wildman–Crippen MR) is 83.0 cm³/mol. The fourth-order valence-corrected chi connectivity index (χ4v) is 3.46. The van der Waals surface area contributed by atoms with Gasteiger partial charge in [0.15, 0.2) is 0 Å². The van der Waals surface area contributed by atoms with E-state index < -0.39 is 0 Å². The van der Waals surface area contributed by atoms with Gasteiger partial charge in [0.1, 0.15) is 5.76 Å². The van der Waals surface area contributed by atoms with Crippen LogP contribution in [0.3, 0.4) is 0 Å². The van der Waals surface area contributed by atoms with Crippen molar-refractivity contribution in [2.45, 2.75) is 19.5 Å². The Morgan fingerprint density at radius 1 is 1.45 bits per heavy atom. The van der Waals surface area contributed by atoms with Crippen molar-refractivity contribution in [3.05, 3.63) is 46.5 Å². The summed E-state index contributed by atoms with van der Waals surface area (Å²) in [6.07, 6.45) is 1.88. The van der Waals surface area contributed by atoms with Crippen LogP contribution in [-0.4, -0.2) is 35.2 Å². The minimum Gasteiger partial charge on any atom is -0.467 e. The highest BCUT2D eigenvalue weighted by Gasteiger charge is 2.36. The zero-order valence-electron chi connectivity index (χ0n) is 12.4. The molecule has 116 valence electrons. The zero-order chi connectivity index (χ0) is 15.5. The maximum Gasteiger partial charge on any atom is 0.228 e. The second kappa shape index (κ2) is 6.36. The third kappa shape index (κ3) is 3.22. The Morgan fingerprint density at radius 3 is 3.00 bits per heavy atom. The van der Waals surface area contributed by atoms with Crippen LogP contribution in [0.2, 0.25) is 0 Å². The van der Waals surface area contributed by atoms with E-state index in [0.717, 1.165) is 10.6 Å². The van der Waals surface area contributed by atoms with Crippen molar-refractivity contribution < 1.29 is 14.0 Å². The van der Waals surface area contributed by atoms with Crippen molar-refractivity contribution in [2.24, 2.45) is 5.92 Å². The minimum absolute atomic E-state index is 0.0132. The summed E-state index contributed by atoms with van der Waals surface area (Å²) in [5.41, 5.74) is 0. The van der Waals surface area contributed by atoms with E-state index in [1.54, 1.807) is 40.5 Å².